The Morgan fingerprint density at radius 3 is 2.47 bits per heavy atom. The summed E-state index contributed by atoms with van der Waals surface area (Å²) in [6, 6.07) is 8.21. The van der Waals surface area contributed by atoms with Gasteiger partial charge in [0.2, 0.25) is 0 Å². The van der Waals surface area contributed by atoms with Crippen molar-refractivity contribution in [2.75, 3.05) is 0 Å². The zero-order valence-electron chi connectivity index (χ0n) is 21.0. The number of aliphatic carboxylic acids is 1. The number of nitrogens with zero attached hydrogens (tertiary/aromatic N) is 2. The molecule has 0 spiro atoms. The van der Waals surface area contributed by atoms with Gasteiger partial charge in [0.05, 0.1) is 23.2 Å². The van der Waals surface area contributed by atoms with E-state index in [4.69, 9.17) is 9.73 Å². The van der Waals surface area contributed by atoms with Crippen LogP contribution in [0.1, 0.15) is 63.6 Å². The Labute approximate surface area is 211 Å². The molecule has 7 nitrogen and oxygen atoms in total. The fourth-order valence-electron chi connectivity index (χ4n) is 5.43. The van der Waals surface area contributed by atoms with Gasteiger partial charge in [-0.15, -0.1) is 0 Å². The highest BCUT2D eigenvalue weighted by molar-refractivity contribution is 6.02. The van der Waals surface area contributed by atoms with Gasteiger partial charge >= 0.3 is 12.1 Å². The lowest BCUT2D eigenvalue weighted by Crippen LogP contribution is -2.52. The SMILES string of the molecule is CC(C)(C)OC(=O)NC1(c2ccc(C3N=C4C=CC(C(=O)O)=CN4C3C3C=CC=CC3)cc2)CCC1. The number of ether oxygens (including phenoxy) is 1. The van der Waals surface area contributed by atoms with Crippen LogP contribution in [-0.4, -0.2) is 39.5 Å². The van der Waals surface area contributed by atoms with Gasteiger partial charge in [0.25, 0.3) is 0 Å². The van der Waals surface area contributed by atoms with E-state index in [1.807, 2.05) is 31.7 Å². The topological polar surface area (TPSA) is 91.2 Å². The minimum atomic E-state index is -0.945. The molecule has 1 saturated carbocycles. The van der Waals surface area contributed by atoms with Gasteiger partial charge in [0, 0.05) is 12.1 Å². The maximum absolute atomic E-state index is 12.5. The largest absolute Gasteiger partial charge is 0.478 e. The van der Waals surface area contributed by atoms with Crippen molar-refractivity contribution in [3.8, 4) is 0 Å². The molecule has 0 aromatic heterocycles. The molecule has 1 amide bonds. The van der Waals surface area contributed by atoms with Gasteiger partial charge in [-0.25, -0.2) is 9.59 Å². The summed E-state index contributed by atoms with van der Waals surface area (Å²) in [6.45, 7) is 5.59. The molecule has 4 aliphatic rings. The quantitative estimate of drug-likeness (QED) is 0.582. The van der Waals surface area contributed by atoms with Crippen LogP contribution in [0.4, 0.5) is 4.79 Å². The summed E-state index contributed by atoms with van der Waals surface area (Å²) in [5.41, 5.74) is 1.44. The number of fused-ring (bicyclic) bond motifs is 1. The minimum absolute atomic E-state index is 0.0242. The van der Waals surface area contributed by atoms with Crippen LogP contribution >= 0.6 is 0 Å². The predicted octanol–water partition coefficient (Wildman–Crippen LogP) is 5.38. The highest BCUT2D eigenvalue weighted by atomic mass is 16.6. The molecule has 1 aromatic rings. The van der Waals surface area contributed by atoms with Gasteiger partial charge in [0.1, 0.15) is 11.4 Å². The lowest BCUT2D eigenvalue weighted by Gasteiger charge is -2.43. The van der Waals surface area contributed by atoms with E-state index in [2.05, 4.69) is 47.8 Å². The molecule has 2 N–H and O–H groups in total. The van der Waals surface area contributed by atoms with E-state index in [0.717, 1.165) is 42.6 Å². The van der Waals surface area contributed by atoms with Gasteiger partial charge < -0.3 is 20.1 Å². The first-order chi connectivity index (χ1) is 17.2. The maximum atomic E-state index is 12.5. The van der Waals surface area contributed by atoms with Crippen LogP contribution in [0.2, 0.25) is 0 Å². The highest BCUT2D eigenvalue weighted by Gasteiger charge is 2.43. The van der Waals surface area contributed by atoms with Crippen LogP contribution in [0.25, 0.3) is 0 Å². The van der Waals surface area contributed by atoms with Crippen LogP contribution in [-0.2, 0) is 15.1 Å². The van der Waals surface area contributed by atoms with Crippen LogP contribution < -0.4 is 5.32 Å². The Kier molecular flexibility index (Phi) is 6.10. The number of nitrogens with one attached hydrogen (secondary N) is 1. The number of carbonyl (C=O) groups is 2. The van der Waals surface area contributed by atoms with E-state index in [1.54, 1.807) is 18.4 Å². The molecule has 1 fully saturated rings. The van der Waals surface area contributed by atoms with Gasteiger partial charge in [-0.3, -0.25) is 4.99 Å². The molecule has 2 aliphatic heterocycles. The zero-order valence-corrected chi connectivity index (χ0v) is 21.0. The van der Waals surface area contributed by atoms with Crippen LogP contribution in [0, 0.1) is 5.92 Å². The first kappa shape index (κ1) is 24.1. The number of hydrogen-bond donors (Lipinski definition) is 2. The van der Waals surface area contributed by atoms with Crippen molar-refractivity contribution in [2.45, 2.75) is 69.7 Å². The summed E-state index contributed by atoms with van der Waals surface area (Å²) >= 11 is 0. The van der Waals surface area contributed by atoms with Crippen molar-refractivity contribution in [3.63, 3.8) is 0 Å². The third kappa shape index (κ3) is 4.62. The summed E-state index contributed by atoms with van der Waals surface area (Å²) in [6.07, 6.45) is 16.8. The summed E-state index contributed by atoms with van der Waals surface area (Å²) in [5.74, 6) is 0.0360. The van der Waals surface area contributed by atoms with Crippen molar-refractivity contribution in [3.05, 3.63) is 83.6 Å². The number of aliphatic imine (C=N–C) groups is 1. The van der Waals surface area contributed by atoms with Crippen molar-refractivity contribution < 1.29 is 19.4 Å². The smallest absolute Gasteiger partial charge is 0.408 e. The third-order valence-corrected chi connectivity index (χ3v) is 7.32. The first-order valence-electron chi connectivity index (χ1n) is 12.6. The third-order valence-electron chi connectivity index (χ3n) is 7.32. The van der Waals surface area contributed by atoms with E-state index in [9.17, 15) is 14.7 Å². The fraction of sp³-hybridized carbons (Fsp3) is 0.414. The Morgan fingerprint density at radius 2 is 1.89 bits per heavy atom. The number of hydrogen-bond acceptors (Lipinski definition) is 5. The van der Waals surface area contributed by atoms with Crippen molar-refractivity contribution in [1.29, 1.82) is 0 Å². The summed E-state index contributed by atoms with van der Waals surface area (Å²) < 4.78 is 5.52. The van der Waals surface area contributed by atoms with Crippen molar-refractivity contribution >= 4 is 17.9 Å². The standard InChI is InChI=1S/C29H33N3O4/c1-28(2,3)36-27(35)31-29(16-7-17-29)22-13-10-19(11-14-22)24-25(20-8-5-4-6-9-20)32-18-21(26(33)34)12-15-23(32)30-24/h4-6,8,10-15,18,20,24-25H,7,9,16-17H2,1-3H3,(H,31,35)(H,33,34). The molecule has 0 bridgehead atoms. The van der Waals surface area contributed by atoms with Crippen molar-refractivity contribution in [2.24, 2.45) is 10.9 Å². The normalized spacial score (nSPS) is 26.0. The van der Waals surface area contributed by atoms with E-state index in [0.29, 0.717) is 0 Å². The average molecular weight is 488 g/mol. The highest BCUT2D eigenvalue weighted by Crippen LogP contribution is 2.44. The molecule has 0 radical (unpaired) electrons. The van der Waals surface area contributed by atoms with Crippen LogP contribution in [0.15, 0.2) is 77.5 Å². The molecule has 36 heavy (non-hydrogen) atoms. The molecule has 2 heterocycles. The minimum Gasteiger partial charge on any atom is -0.478 e. The summed E-state index contributed by atoms with van der Waals surface area (Å²) in [4.78, 5) is 31.2. The van der Waals surface area contributed by atoms with Gasteiger partial charge in [-0.2, -0.15) is 0 Å². The van der Waals surface area contributed by atoms with Crippen molar-refractivity contribution in [1.82, 2.24) is 10.2 Å². The molecule has 2 aliphatic carbocycles. The predicted molar refractivity (Wildman–Crippen MR) is 138 cm³/mol. The number of carboxylic acids is 1. The van der Waals surface area contributed by atoms with E-state index in [1.165, 1.54) is 0 Å². The number of rotatable bonds is 5. The number of alkyl carbamates (subject to hydrolysis) is 1. The van der Waals surface area contributed by atoms with Gasteiger partial charge in [-0.05, 0) is 69.7 Å². The average Bonchev–Trinajstić information content (AvgIpc) is 3.20. The monoisotopic (exact) mass is 487 g/mol. The molecule has 3 unspecified atom stereocenters. The first-order valence-corrected chi connectivity index (χ1v) is 12.6. The maximum Gasteiger partial charge on any atom is 0.408 e. The zero-order chi connectivity index (χ0) is 25.5. The number of amides is 1. The molecular formula is C29H33N3O4. The van der Waals surface area contributed by atoms with E-state index < -0.39 is 23.2 Å². The Bertz CT molecular complexity index is 1200. The van der Waals surface area contributed by atoms with Gasteiger partial charge in [-0.1, -0.05) is 48.6 Å². The Hall–Kier alpha value is -3.61. The van der Waals surface area contributed by atoms with E-state index in [-0.39, 0.29) is 23.6 Å². The van der Waals surface area contributed by atoms with Crippen LogP contribution in [0.3, 0.4) is 0 Å². The second-order valence-corrected chi connectivity index (χ2v) is 11.0. The molecule has 1 aromatic carbocycles. The Morgan fingerprint density at radius 1 is 1.14 bits per heavy atom. The number of carbonyl (C=O) groups excluding carboxylic acids is 1. The second-order valence-electron chi connectivity index (χ2n) is 11.0. The number of allylic oxidation sites excluding steroid dienone is 3. The Balaban J connectivity index is 1.42. The molecule has 5 rings (SSSR count). The number of carboxylic acid groups (broad SMARTS) is 1. The lowest BCUT2D eigenvalue weighted by atomic mass is 9.71. The molecular weight excluding hydrogens is 454 g/mol. The van der Waals surface area contributed by atoms with E-state index >= 15 is 0 Å². The summed E-state index contributed by atoms with van der Waals surface area (Å²) in [5, 5.41) is 12.7. The molecule has 188 valence electrons. The van der Waals surface area contributed by atoms with Crippen LogP contribution in [0.5, 0.6) is 0 Å². The fourth-order valence-corrected chi connectivity index (χ4v) is 5.43. The number of benzene rings is 1. The lowest BCUT2D eigenvalue weighted by molar-refractivity contribution is -0.132. The molecule has 3 atom stereocenters. The molecule has 7 heteroatoms. The molecule has 0 saturated heterocycles. The number of amidine groups is 1. The van der Waals surface area contributed by atoms with Gasteiger partial charge in [0.15, 0.2) is 0 Å². The summed E-state index contributed by atoms with van der Waals surface area (Å²) in [7, 11) is 0. The second kappa shape index (κ2) is 9.12.